The topological polar surface area (TPSA) is 46.6 Å². The minimum absolute atomic E-state index is 0.0258. The molecule has 0 N–H and O–H groups in total. The van der Waals surface area contributed by atoms with E-state index in [1.54, 1.807) is 0 Å². The highest BCUT2D eigenvalue weighted by atomic mass is 16.5. The number of benzene rings is 2. The molecule has 0 saturated carbocycles. The average molecular weight is 333 g/mol. The first kappa shape index (κ1) is 15.6. The van der Waals surface area contributed by atoms with E-state index >= 15 is 0 Å². The second-order valence-electron chi connectivity index (χ2n) is 6.44. The molecule has 0 saturated heterocycles. The maximum atomic E-state index is 12.9. The van der Waals surface area contributed by atoms with Crippen LogP contribution in [0.25, 0.3) is 5.57 Å². The molecule has 2 aromatic carbocycles. The lowest BCUT2D eigenvalue weighted by molar-refractivity contribution is -0.139. The molecule has 0 bridgehead atoms. The maximum absolute atomic E-state index is 12.9. The lowest BCUT2D eigenvalue weighted by Gasteiger charge is -2.20. The number of methoxy groups -OCH3 is 1. The Labute approximate surface area is 146 Å². The molecule has 1 aliphatic heterocycles. The highest BCUT2D eigenvalue weighted by Gasteiger charge is 2.36. The second-order valence-corrected chi connectivity index (χ2v) is 6.44. The number of carbonyl (C=O) groups is 2. The normalized spacial score (nSPS) is 17.7. The Balaban J connectivity index is 1.71. The highest BCUT2D eigenvalue weighted by molar-refractivity contribution is 6.08. The van der Waals surface area contributed by atoms with Crippen molar-refractivity contribution in [2.45, 2.75) is 18.8 Å². The summed E-state index contributed by atoms with van der Waals surface area (Å²) in [6.07, 6.45) is 3.23. The number of allylic oxidation sites excluding steroid dienone is 1. The van der Waals surface area contributed by atoms with Gasteiger partial charge >= 0.3 is 5.97 Å². The molecular weight excluding hydrogens is 314 g/mol. The van der Waals surface area contributed by atoms with Crippen LogP contribution in [-0.4, -0.2) is 25.5 Å². The molecule has 4 heteroatoms. The van der Waals surface area contributed by atoms with Crippen molar-refractivity contribution in [3.05, 3.63) is 71.3 Å². The third-order valence-electron chi connectivity index (χ3n) is 5.01. The number of carbonyl (C=O) groups excluding carboxylic acids is 2. The molecule has 25 heavy (non-hydrogen) atoms. The number of hydrogen-bond donors (Lipinski definition) is 0. The van der Waals surface area contributed by atoms with Crippen LogP contribution in [0.2, 0.25) is 0 Å². The largest absolute Gasteiger partial charge is 0.469 e. The zero-order chi connectivity index (χ0) is 17.4. The van der Waals surface area contributed by atoms with Gasteiger partial charge in [-0.15, -0.1) is 0 Å². The van der Waals surface area contributed by atoms with Crippen LogP contribution in [-0.2, 0) is 9.53 Å². The lowest BCUT2D eigenvalue weighted by Crippen LogP contribution is -2.29. The van der Waals surface area contributed by atoms with Crippen LogP contribution in [0.4, 0.5) is 5.69 Å². The fraction of sp³-hybridized carbons (Fsp3) is 0.238. The third-order valence-corrected chi connectivity index (χ3v) is 5.01. The van der Waals surface area contributed by atoms with Crippen LogP contribution in [0.1, 0.15) is 40.2 Å². The Bertz CT molecular complexity index is 870. The third kappa shape index (κ3) is 2.64. The van der Waals surface area contributed by atoms with E-state index < -0.39 is 0 Å². The van der Waals surface area contributed by atoms with Gasteiger partial charge in [0.25, 0.3) is 5.91 Å². The van der Waals surface area contributed by atoms with Gasteiger partial charge in [-0.3, -0.25) is 9.59 Å². The Morgan fingerprint density at radius 3 is 2.68 bits per heavy atom. The van der Waals surface area contributed by atoms with Crippen molar-refractivity contribution in [2.24, 2.45) is 0 Å². The van der Waals surface area contributed by atoms with Crippen molar-refractivity contribution in [3.8, 4) is 0 Å². The molecular formula is C21H19NO3. The SMILES string of the molecule is COC(=O)CC1=CCC2CN(C(=O)c3ccccc3)c3cccc1c32. The van der Waals surface area contributed by atoms with Crippen LogP contribution >= 0.6 is 0 Å². The van der Waals surface area contributed by atoms with E-state index in [9.17, 15) is 9.59 Å². The molecule has 2 aromatic rings. The standard InChI is InChI=1S/C21H19NO3/c1-25-19(23)12-15-10-11-16-13-22(18-9-5-8-17(15)20(16)18)21(24)14-6-3-2-4-7-14/h2-10,16H,11-13H2,1H3. The molecule has 1 unspecified atom stereocenters. The molecule has 126 valence electrons. The van der Waals surface area contributed by atoms with E-state index in [1.165, 1.54) is 12.7 Å². The lowest BCUT2D eigenvalue weighted by atomic mass is 9.83. The molecule has 1 atom stereocenters. The number of anilines is 1. The molecule has 0 fully saturated rings. The summed E-state index contributed by atoms with van der Waals surface area (Å²) in [7, 11) is 1.41. The second kappa shape index (κ2) is 6.20. The highest BCUT2D eigenvalue weighted by Crippen LogP contribution is 2.46. The fourth-order valence-corrected chi connectivity index (χ4v) is 3.82. The number of amides is 1. The molecule has 0 spiro atoms. The summed E-state index contributed by atoms with van der Waals surface area (Å²) in [6, 6.07) is 15.4. The molecule has 2 aliphatic rings. The van der Waals surface area contributed by atoms with E-state index in [1.807, 2.05) is 53.4 Å². The quantitative estimate of drug-likeness (QED) is 0.803. The summed E-state index contributed by atoms with van der Waals surface area (Å²) in [4.78, 5) is 26.5. The molecule has 4 rings (SSSR count). The van der Waals surface area contributed by atoms with E-state index in [-0.39, 0.29) is 18.3 Å². The number of rotatable bonds is 3. The van der Waals surface area contributed by atoms with E-state index in [0.717, 1.165) is 23.2 Å². The number of ether oxygens (including phenoxy) is 1. The number of hydrogen-bond acceptors (Lipinski definition) is 3. The molecule has 1 amide bonds. The maximum Gasteiger partial charge on any atom is 0.309 e. The molecule has 0 radical (unpaired) electrons. The summed E-state index contributed by atoms with van der Waals surface area (Å²) in [5.74, 6) is 0.0793. The Hall–Kier alpha value is -2.88. The van der Waals surface area contributed by atoms with E-state index in [0.29, 0.717) is 18.0 Å². The van der Waals surface area contributed by atoms with E-state index in [4.69, 9.17) is 4.74 Å². The predicted octanol–water partition coefficient (Wildman–Crippen LogP) is 3.78. The van der Waals surface area contributed by atoms with E-state index in [2.05, 4.69) is 6.08 Å². The molecule has 4 nitrogen and oxygen atoms in total. The summed E-state index contributed by atoms with van der Waals surface area (Å²) < 4.78 is 4.81. The Kier molecular flexibility index (Phi) is 3.88. The van der Waals surface area contributed by atoms with Crippen LogP contribution in [0, 0.1) is 0 Å². The average Bonchev–Trinajstić information content (AvgIpc) is 3.04. The monoisotopic (exact) mass is 333 g/mol. The molecule has 0 aromatic heterocycles. The summed E-state index contributed by atoms with van der Waals surface area (Å²) in [5, 5.41) is 0. The van der Waals surface area contributed by atoms with Gasteiger partial charge < -0.3 is 9.64 Å². The number of nitrogens with zero attached hydrogens (tertiary/aromatic N) is 1. The van der Waals surface area contributed by atoms with Crippen LogP contribution < -0.4 is 4.90 Å². The summed E-state index contributed by atoms with van der Waals surface area (Å²) >= 11 is 0. The van der Waals surface area contributed by atoms with Gasteiger partial charge in [0, 0.05) is 23.7 Å². The molecule has 1 aliphatic carbocycles. The summed E-state index contributed by atoms with van der Waals surface area (Å²) in [6.45, 7) is 0.683. The van der Waals surface area contributed by atoms with Crippen LogP contribution in [0.5, 0.6) is 0 Å². The first-order chi connectivity index (χ1) is 12.2. The first-order valence-electron chi connectivity index (χ1n) is 8.45. The zero-order valence-electron chi connectivity index (χ0n) is 14.1. The van der Waals surface area contributed by atoms with Gasteiger partial charge in [0.05, 0.1) is 13.5 Å². The predicted molar refractivity (Wildman–Crippen MR) is 96.5 cm³/mol. The Morgan fingerprint density at radius 2 is 1.92 bits per heavy atom. The van der Waals surface area contributed by atoms with Crippen molar-refractivity contribution in [1.82, 2.24) is 0 Å². The van der Waals surface area contributed by atoms with Crippen LogP contribution in [0.15, 0.2) is 54.6 Å². The molecule has 1 heterocycles. The Morgan fingerprint density at radius 1 is 1.12 bits per heavy atom. The van der Waals surface area contributed by atoms with Gasteiger partial charge in [-0.1, -0.05) is 36.4 Å². The smallest absolute Gasteiger partial charge is 0.309 e. The van der Waals surface area contributed by atoms with Crippen LogP contribution in [0.3, 0.4) is 0 Å². The van der Waals surface area contributed by atoms with Gasteiger partial charge in [0.2, 0.25) is 0 Å². The van der Waals surface area contributed by atoms with Gasteiger partial charge in [0.1, 0.15) is 0 Å². The van der Waals surface area contributed by atoms with Gasteiger partial charge in [0.15, 0.2) is 0 Å². The minimum Gasteiger partial charge on any atom is -0.469 e. The minimum atomic E-state index is -0.238. The van der Waals surface area contributed by atoms with Gasteiger partial charge in [-0.05, 0) is 41.3 Å². The van der Waals surface area contributed by atoms with Crippen molar-refractivity contribution in [3.63, 3.8) is 0 Å². The van der Waals surface area contributed by atoms with Gasteiger partial charge in [-0.25, -0.2) is 0 Å². The first-order valence-corrected chi connectivity index (χ1v) is 8.45. The van der Waals surface area contributed by atoms with Crippen molar-refractivity contribution < 1.29 is 14.3 Å². The van der Waals surface area contributed by atoms with Crippen molar-refractivity contribution in [2.75, 3.05) is 18.6 Å². The van der Waals surface area contributed by atoms with Gasteiger partial charge in [-0.2, -0.15) is 0 Å². The van der Waals surface area contributed by atoms with Crippen molar-refractivity contribution in [1.29, 1.82) is 0 Å². The van der Waals surface area contributed by atoms with Crippen molar-refractivity contribution >= 4 is 23.1 Å². The fourth-order valence-electron chi connectivity index (χ4n) is 3.82. The number of esters is 1. The summed E-state index contributed by atoms with van der Waals surface area (Å²) in [5.41, 5.74) is 4.91. The zero-order valence-corrected chi connectivity index (χ0v) is 14.1.